The third kappa shape index (κ3) is 2.79. The van der Waals surface area contributed by atoms with E-state index >= 15 is 0 Å². The average molecular weight is 234 g/mol. The highest BCUT2D eigenvalue weighted by Gasteiger charge is 2.08. The van der Waals surface area contributed by atoms with E-state index in [9.17, 15) is 4.79 Å². The number of anilines is 1. The predicted octanol–water partition coefficient (Wildman–Crippen LogP) is 2.32. The molecule has 3 nitrogen and oxygen atoms in total. The SMILES string of the molecule is Nc1cc(C(=O)OCCCl)ccc1Cl. The second-order valence-electron chi connectivity index (χ2n) is 2.56. The predicted molar refractivity (Wildman–Crippen MR) is 56.9 cm³/mol. The molecule has 0 amide bonds. The normalized spacial score (nSPS) is 9.86. The highest BCUT2D eigenvalue weighted by Crippen LogP contribution is 2.19. The quantitative estimate of drug-likeness (QED) is 0.496. The minimum absolute atomic E-state index is 0.183. The van der Waals surface area contributed by atoms with Crippen LogP contribution < -0.4 is 5.73 Å². The van der Waals surface area contributed by atoms with Crippen LogP contribution in [0.4, 0.5) is 5.69 Å². The second-order valence-corrected chi connectivity index (χ2v) is 3.35. The largest absolute Gasteiger partial charge is 0.461 e. The lowest BCUT2D eigenvalue weighted by atomic mass is 10.2. The molecule has 0 saturated carbocycles. The molecule has 0 heterocycles. The van der Waals surface area contributed by atoms with Gasteiger partial charge in [-0.25, -0.2) is 4.79 Å². The van der Waals surface area contributed by atoms with Crippen molar-refractivity contribution in [3.8, 4) is 0 Å². The lowest BCUT2D eigenvalue weighted by molar-refractivity contribution is 0.0529. The number of nitrogens with two attached hydrogens (primary N) is 1. The monoisotopic (exact) mass is 233 g/mol. The summed E-state index contributed by atoms with van der Waals surface area (Å²) in [6.07, 6.45) is 0. The topological polar surface area (TPSA) is 52.3 Å². The fourth-order valence-electron chi connectivity index (χ4n) is 0.885. The molecule has 14 heavy (non-hydrogen) atoms. The van der Waals surface area contributed by atoms with E-state index in [1.807, 2.05) is 0 Å². The second kappa shape index (κ2) is 5.08. The van der Waals surface area contributed by atoms with Gasteiger partial charge in [-0.1, -0.05) is 11.6 Å². The van der Waals surface area contributed by atoms with E-state index in [2.05, 4.69) is 0 Å². The van der Waals surface area contributed by atoms with E-state index < -0.39 is 5.97 Å². The lowest BCUT2D eigenvalue weighted by Crippen LogP contribution is -2.07. The fourth-order valence-corrected chi connectivity index (χ4v) is 1.08. The van der Waals surface area contributed by atoms with Crippen LogP contribution in [0, 0.1) is 0 Å². The number of esters is 1. The van der Waals surface area contributed by atoms with Gasteiger partial charge in [-0.15, -0.1) is 11.6 Å². The number of ether oxygens (including phenoxy) is 1. The van der Waals surface area contributed by atoms with E-state index in [0.717, 1.165) is 0 Å². The molecule has 0 aromatic heterocycles. The van der Waals surface area contributed by atoms with E-state index in [0.29, 0.717) is 16.3 Å². The molecule has 0 spiro atoms. The van der Waals surface area contributed by atoms with Crippen LogP contribution in [0.3, 0.4) is 0 Å². The summed E-state index contributed by atoms with van der Waals surface area (Å²) in [5, 5.41) is 0.416. The minimum atomic E-state index is -0.450. The zero-order chi connectivity index (χ0) is 10.6. The van der Waals surface area contributed by atoms with E-state index in [-0.39, 0.29) is 12.5 Å². The van der Waals surface area contributed by atoms with Crippen LogP contribution in [-0.4, -0.2) is 18.5 Å². The molecule has 0 atom stereocenters. The molecule has 1 aromatic rings. The van der Waals surface area contributed by atoms with E-state index in [1.54, 1.807) is 12.1 Å². The van der Waals surface area contributed by atoms with Crippen LogP contribution in [0.2, 0.25) is 5.02 Å². The van der Waals surface area contributed by atoms with E-state index in [1.165, 1.54) is 6.07 Å². The minimum Gasteiger partial charge on any atom is -0.461 e. The van der Waals surface area contributed by atoms with Gasteiger partial charge in [0, 0.05) is 0 Å². The zero-order valence-electron chi connectivity index (χ0n) is 7.30. The molecule has 0 radical (unpaired) electrons. The Kier molecular flexibility index (Phi) is 4.04. The van der Waals surface area contributed by atoms with Gasteiger partial charge in [0.1, 0.15) is 6.61 Å². The summed E-state index contributed by atoms with van der Waals surface area (Å²) in [6.45, 7) is 0.183. The first-order chi connectivity index (χ1) is 6.65. The van der Waals surface area contributed by atoms with Crippen molar-refractivity contribution in [2.75, 3.05) is 18.2 Å². The summed E-state index contributed by atoms with van der Waals surface area (Å²) in [5.74, 6) is -0.177. The van der Waals surface area contributed by atoms with Crippen LogP contribution in [0.1, 0.15) is 10.4 Å². The first-order valence-electron chi connectivity index (χ1n) is 3.93. The number of nitrogen functional groups attached to an aromatic ring is 1. The van der Waals surface area contributed by atoms with Crippen LogP contribution in [0.15, 0.2) is 18.2 Å². The maximum Gasteiger partial charge on any atom is 0.338 e. The molecule has 5 heteroatoms. The van der Waals surface area contributed by atoms with Crippen molar-refractivity contribution in [1.29, 1.82) is 0 Å². The Bertz CT molecular complexity index is 342. The van der Waals surface area contributed by atoms with Gasteiger partial charge in [0.15, 0.2) is 0 Å². The molecule has 0 unspecified atom stereocenters. The van der Waals surface area contributed by atoms with Gasteiger partial charge in [-0.3, -0.25) is 0 Å². The number of carbonyl (C=O) groups is 1. The van der Waals surface area contributed by atoms with Crippen molar-refractivity contribution >= 4 is 34.9 Å². The average Bonchev–Trinajstić information content (AvgIpc) is 2.18. The number of benzene rings is 1. The van der Waals surface area contributed by atoms with Gasteiger partial charge in [-0.2, -0.15) is 0 Å². The summed E-state index contributed by atoms with van der Waals surface area (Å²) in [5.41, 5.74) is 6.25. The van der Waals surface area contributed by atoms with E-state index in [4.69, 9.17) is 33.7 Å². The number of halogens is 2. The Morgan fingerprint density at radius 3 is 2.79 bits per heavy atom. The van der Waals surface area contributed by atoms with Crippen molar-refractivity contribution in [3.63, 3.8) is 0 Å². The van der Waals surface area contributed by atoms with Crippen molar-refractivity contribution in [3.05, 3.63) is 28.8 Å². The molecular formula is C9H9Cl2NO2. The molecule has 1 aromatic carbocycles. The number of rotatable bonds is 3. The molecule has 76 valence electrons. The molecule has 0 aliphatic heterocycles. The summed E-state index contributed by atoms with van der Waals surface area (Å²) in [4.78, 5) is 11.3. The third-order valence-electron chi connectivity index (χ3n) is 1.54. The Labute approximate surface area is 91.7 Å². The molecule has 0 saturated heterocycles. The third-order valence-corrected chi connectivity index (χ3v) is 2.04. The standard InChI is InChI=1S/C9H9Cl2NO2/c10-3-4-14-9(13)6-1-2-7(11)8(12)5-6/h1-2,5H,3-4,12H2. The van der Waals surface area contributed by atoms with Crippen molar-refractivity contribution < 1.29 is 9.53 Å². The molecule has 0 bridgehead atoms. The Hall–Kier alpha value is -0.930. The molecule has 0 fully saturated rings. The summed E-state index contributed by atoms with van der Waals surface area (Å²) < 4.78 is 4.80. The van der Waals surface area contributed by atoms with Crippen LogP contribution in [0.5, 0.6) is 0 Å². The highest BCUT2D eigenvalue weighted by molar-refractivity contribution is 6.33. The molecule has 2 N–H and O–H groups in total. The number of carbonyl (C=O) groups excluding carboxylic acids is 1. The van der Waals surface area contributed by atoms with Gasteiger partial charge in [0.05, 0.1) is 22.2 Å². The smallest absolute Gasteiger partial charge is 0.338 e. The van der Waals surface area contributed by atoms with Gasteiger partial charge in [0.25, 0.3) is 0 Å². The Morgan fingerprint density at radius 2 is 2.21 bits per heavy atom. The summed E-state index contributed by atoms with van der Waals surface area (Å²) in [7, 11) is 0. The van der Waals surface area contributed by atoms with Crippen LogP contribution in [0.25, 0.3) is 0 Å². The van der Waals surface area contributed by atoms with Crippen molar-refractivity contribution in [2.45, 2.75) is 0 Å². The maximum atomic E-state index is 11.3. The highest BCUT2D eigenvalue weighted by atomic mass is 35.5. The Balaban J connectivity index is 2.76. The number of hydrogen-bond donors (Lipinski definition) is 1. The van der Waals surface area contributed by atoms with Gasteiger partial charge in [-0.05, 0) is 18.2 Å². The van der Waals surface area contributed by atoms with Crippen molar-refractivity contribution in [2.24, 2.45) is 0 Å². The Morgan fingerprint density at radius 1 is 1.50 bits per heavy atom. The zero-order valence-corrected chi connectivity index (χ0v) is 8.81. The first kappa shape index (κ1) is 11.1. The molecule has 0 aliphatic rings. The fraction of sp³-hybridized carbons (Fsp3) is 0.222. The number of hydrogen-bond acceptors (Lipinski definition) is 3. The lowest BCUT2D eigenvalue weighted by Gasteiger charge is -2.04. The van der Waals surface area contributed by atoms with Crippen LogP contribution in [-0.2, 0) is 4.74 Å². The molecule has 1 rings (SSSR count). The molecular weight excluding hydrogens is 225 g/mol. The number of alkyl halides is 1. The van der Waals surface area contributed by atoms with Crippen molar-refractivity contribution in [1.82, 2.24) is 0 Å². The summed E-state index contributed by atoms with van der Waals surface area (Å²) in [6, 6.07) is 4.57. The van der Waals surface area contributed by atoms with Gasteiger partial charge in [0.2, 0.25) is 0 Å². The molecule has 0 aliphatic carbocycles. The van der Waals surface area contributed by atoms with Gasteiger partial charge >= 0.3 is 5.97 Å². The summed E-state index contributed by atoms with van der Waals surface area (Å²) >= 11 is 11.1. The van der Waals surface area contributed by atoms with Gasteiger partial charge < -0.3 is 10.5 Å². The maximum absolute atomic E-state index is 11.3. The van der Waals surface area contributed by atoms with Crippen LogP contribution >= 0.6 is 23.2 Å². The first-order valence-corrected chi connectivity index (χ1v) is 4.84.